The zero-order chi connectivity index (χ0) is 21.0. The maximum absolute atomic E-state index is 14.3. The number of thiazole rings is 1. The van der Waals surface area contributed by atoms with Crippen LogP contribution in [0.3, 0.4) is 0 Å². The van der Waals surface area contributed by atoms with E-state index in [9.17, 15) is 14.0 Å². The summed E-state index contributed by atoms with van der Waals surface area (Å²) in [5.74, 6) is -1.01. The Morgan fingerprint density at radius 2 is 1.97 bits per heavy atom. The molecule has 0 spiro atoms. The van der Waals surface area contributed by atoms with Crippen LogP contribution < -0.4 is 15.4 Å². The second kappa shape index (κ2) is 9.21. The number of anilines is 2. The third-order valence-electron chi connectivity index (χ3n) is 3.57. The van der Waals surface area contributed by atoms with Gasteiger partial charge in [-0.25, -0.2) is 9.37 Å². The number of nitrogens with zero attached hydrogens (tertiary/aromatic N) is 1. The number of halogens is 3. The van der Waals surface area contributed by atoms with Crippen LogP contribution >= 0.6 is 34.5 Å². The molecule has 0 saturated heterocycles. The number of ether oxygens (including phenoxy) is 1. The number of nitrogens with one attached hydrogen (secondary N) is 2. The van der Waals surface area contributed by atoms with Crippen LogP contribution in [-0.4, -0.2) is 23.4 Å². The van der Waals surface area contributed by atoms with Crippen LogP contribution in [0.1, 0.15) is 6.92 Å². The standard InChI is InChI=1S/C19H14Cl2FN3O3S/c1-10(26)23-12-3-4-13(15(22)7-12)16-9-29-19(24-16)25-18(27)8-28-17-6-11(20)2-5-14(17)21/h2-7,9H,8H2,1H3,(H,23,26)(H,24,25,27). The topological polar surface area (TPSA) is 80.3 Å². The Hall–Kier alpha value is -2.68. The fourth-order valence-corrected chi connectivity index (χ4v) is 3.41. The summed E-state index contributed by atoms with van der Waals surface area (Å²) in [4.78, 5) is 27.4. The second-order valence-corrected chi connectivity index (χ2v) is 7.53. The van der Waals surface area contributed by atoms with Crippen molar-refractivity contribution in [3.05, 3.63) is 57.6 Å². The lowest BCUT2D eigenvalue weighted by atomic mass is 10.1. The first kappa shape index (κ1) is 21.0. The van der Waals surface area contributed by atoms with Crippen LogP contribution in [0.2, 0.25) is 10.0 Å². The average molecular weight is 454 g/mol. The van der Waals surface area contributed by atoms with Gasteiger partial charge in [0.25, 0.3) is 5.91 Å². The van der Waals surface area contributed by atoms with Gasteiger partial charge in [0, 0.05) is 34.6 Å². The number of hydrogen-bond acceptors (Lipinski definition) is 5. The lowest BCUT2D eigenvalue weighted by Crippen LogP contribution is -2.20. The smallest absolute Gasteiger partial charge is 0.264 e. The van der Waals surface area contributed by atoms with Gasteiger partial charge in [-0.3, -0.25) is 14.9 Å². The van der Waals surface area contributed by atoms with Gasteiger partial charge in [0.05, 0.1) is 10.7 Å². The van der Waals surface area contributed by atoms with Crippen molar-refractivity contribution in [2.75, 3.05) is 17.2 Å². The molecule has 0 unspecified atom stereocenters. The molecule has 3 aromatic rings. The molecule has 0 saturated carbocycles. The molecule has 10 heteroatoms. The molecule has 1 aromatic heterocycles. The van der Waals surface area contributed by atoms with Gasteiger partial charge in [-0.2, -0.15) is 0 Å². The molecule has 2 aromatic carbocycles. The number of carbonyl (C=O) groups is 2. The fourth-order valence-electron chi connectivity index (χ4n) is 2.35. The summed E-state index contributed by atoms with van der Waals surface area (Å²) in [7, 11) is 0. The molecule has 0 radical (unpaired) electrons. The number of hydrogen-bond donors (Lipinski definition) is 2. The lowest BCUT2D eigenvalue weighted by molar-refractivity contribution is -0.118. The molecule has 0 aliphatic heterocycles. The molecule has 0 aliphatic rings. The minimum absolute atomic E-state index is 0.248. The second-order valence-electron chi connectivity index (χ2n) is 5.83. The van der Waals surface area contributed by atoms with E-state index in [4.69, 9.17) is 27.9 Å². The molecule has 150 valence electrons. The Morgan fingerprint density at radius 1 is 1.17 bits per heavy atom. The van der Waals surface area contributed by atoms with Crippen LogP contribution in [0.4, 0.5) is 15.2 Å². The number of aromatic nitrogens is 1. The van der Waals surface area contributed by atoms with E-state index in [-0.39, 0.29) is 29.0 Å². The maximum Gasteiger partial charge on any atom is 0.264 e. The van der Waals surface area contributed by atoms with Gasteiger partial charge in [0.15, 0.2) is 11.7 Å². The fraction of sp³-hybridized carbons (Fsp3) is 0.105. The predicted molar refractivity (Wildman–Crippen MR) is 112 cm³/mol. The normalized spacial score (nSPS) is 10.5. The van der Waals surface area contributed by atoms with E-state index in [1.165, 1.54) is 25.1 Å². The summed E-state index contributed by atoms with van der Waals surface area (Å²) in [5, 5.41) is 7.75. The first-order valence-electron chi connectivity index (χ1n) is 8.22. The highest BCUT2D eigenvalue weighted by Gasteiger charge is 2.13. The summed E-state index contributed by atoms with van der Waals surface area (Å²) in [6, 6.07) is 8.96. The van der Waals surface area contributed by atoms with Crippen molar-refractivity contribution < 1.29 is 18.7 Å². The lowest BCUT2D eigenvalue weighted by Gasteiger charge is -2.08. The highest BCUT2D eigenvalue weighted by atomic mass is 35.5. The SMILES string of the molecule is CC(=O)Nc1ccc(-c2csc(NC(=O)COc3cc(Cl)ccc3Cl)n2)c(F)c1. The van der Waals surface area contributed by atoms with Gasteiger partial charge in [0.1, 0.15) is 11.6 Å². The maximum atomic E-state index is 14.3. The summed E-state index contributed by atoms with van der Waals surface area (Å²) < 4.78 is 19.7. The molecule has 2 amide bonds. The molecule has 3 rings (SSSR count). The van der Waals surface area contributed by atoms with Gasteiger partial charge in [-0.05, 0) is 30.3 Å². The van der Waals surface area contributed by atoms with Crippen molar-refractivity contribution in [2.45, 2.75) is 6.92 Å². The summed E-state index contributed by atoms with van der Waals surface area (Å²) >= 11 is 13.0. The summed E-state index contributed by atoms with van der Waals surface area (Å²) in [6.07, 6.45) is 0. The van der Waals surface area contributed by atoms with Crippen LogP contribution in [0.5, 0.6) is 5.75 Å². The first-order valence-corrected chi connectivity index (χ1v) is 9.86. The minimum Gasteiger partial charge on any atom is -0.482 e. The Bertz CT molecular complexity index is 1070. The Balaban J connectivity index is 1.63. The van der Waals surface area contributed by atoms with Crippen LogP contribution in [0, 0.1) is 5.82 Å². The molecule has 1 heterocycles. The van der Waals surface area contributed by atoms with Crippen LogP contribution in [0.25, 0.3) is 11.3 Å². The van der Waals surface area contributed by atoms with Crippen molar-refractivity contribution in [1.29, 1.82) is 0 Å². The van der Waals surface area contributed by atoms with E-state index >= 15 is 0 Å². The Labute approximate surface area is 179 Å². The molecule has 0 bridgehead atoms. The molecule has 0 aliphatic carbocycles. The van der Waals surface area contributed by atoms with Crippen molar-refractivity contribution in [2.24, 2.45) is 0 Å². The Kier molecular flexibility index (Phi) is 6.68. The zero-order valence-electron chi connectivity index (χ0n) is 15.0. The number of amides is 2. The monoisotopic (exact) mass is 453 g/mol. The molecular formula is C19H14Cl2FN3O3S. The van der Waals surface area contributed by atoms with Gasteiger partial charge in [-0.15, -0.1) is 11.3 Å². The number of carbonyl (C=O) groups excluding carboxylic acids is 2. The highest BCUT2D eigenvalue weighted by Crippen LogP contribution is 2.29. The predicted octanol–water partition coefficient (Wildman–Crippen LogP) is 5.23. The molecule has 6 nitrogen and oxygen atoms in total. The van der Waals surface area contributed by atoms with Crippen molar-refractivity contribution in [1.82, 2.24) is 4.98 Å². The third kappa shape index (κ3) is 5.66. The van der Waals surface area contributed by atoms with Gasteiger partial charge in [-0.1, -0.05) is 23.2 Å². The Morgan fingerprint density at radius 3 is 2.69 bits per heavy atom. The van der Waals surface area contributed by atoms with E-state index in [1.54, 1.807) is 23.6 Å². The minimum atomic E-state index is -0.543. The molecule has 29 heavy (non-hydrogen) atoms. The van der Waals surface area contributed by atoms with Crippen LogP contribution in [0.15, 0.2) is 41.8 Å². The summed E-state index contributed by atoms with van der Waals surface area (Å²) in [5.41, 5.74) is 0.952. The summed E-state index contributed by atoms with van der Waals surface area (Å²) in [6.45, 7) is 1.04. The van der Waals surface area contributed by atoms with E-state index in [0.29, 0.717) is 21.4 Å². The molecular weight excluding hydrogens is 440 g/mol. The molecule has 0 atom stereocenters. The zero-order valence-corrected chi connectivity index (χ0v) is 17.3. The largest absolute Gasteiger partial charge is 0.482 e. The number of benzene rings is 2. The number of rotatable bonds is 6. The third-order valence-corrected chi connectivity index (χ3v) is 4.87. The van der Waals surface area contributed by atoms with Crippen molar-refractivity contribution in [3.63, 3.8) is 0 Å². The average Bonchev–Trinajstić information content (AvgIpc) is 3.10. The first-order chi connectivity index (χ1) is 13.8. The highest BCUT2D eigenvalue weighted by molar-refractivity contribution is 7.14. The molecule has 0 fully saturated rings. The van der Waals surface area contributed by atoms with Crippen molar-refractivity contribution in [3.8, 4) is 17.0 Å². The molecule has 2 N–H and O–H groups in total. The van der Waals surface area contributed by atoms with Crippen molar-refractivity contribution >= 4 is 57.2 Å². The van der Waals surface area contributed by atoms with E-state index in [0.717, 1.165) is 11.3 Å². The van der Waals surface area contributed by atoms with Gasteiger partial charge < -0.3 is 10.1 Å². The van der Waals surface area contributed by atoms with E-state index in [2.05, 4.69) is 15.6 Å². The van der Waals surface area contributed by atoms with Gasteiger partial charge in [0.2, 0.25) is 5.91 Å². The van der Waals surface area contributed by atoms with E-state index in [1.807, 2.05) is 0 Å². The van der Waals surface area contributed by atoms with Crippen LogP contribution in [-0.2, 0) is 9.59 Å². The van der Waals surface area contributed by atoms with Gasteiger partial charge >= 0.3 is 0 Å². The van der Waals surface area contributed by atoms with E-state index < -0.39 is 11.7 Å². The quantitative estimate of drug-likeness (QED) is 0.535.